The van der Waals surface area contributed by atoms with Crippen LogP contribution in [0.5, 0.6) is 0 Å². The molecule has 2 amide bonds. The monoisotopic (exact) mass is 398 g/mol. The molecule has 28 heavy (non-hydrogen) atoms. The zero-order valence-electron chi connectivity index (χ0n) is 15.9. The van der Waals surface area contributed by atoms with E-state index in [0.29, 0.717) is 30.7 Å². The van der Waals surface area contributed by atoms with Gasteiger partial charge in [0.15, 0.2) is 0 Å². The molecule has 0 spiro atoms. The lowest BCUT2D eigenvalue weighted by Gasteiger charge is -2.39. The molecule has 5 rings (SSSR count). The number of hydrogen-bond donors (Lipinski definition) is 0. The van der Waals surface area contributed by atoms with E-state index in [2.05, 4.69) is 26.7 Å². The summed E-state index contributed by atoms with van der Waals surface area (Å²) in [5, 5.41) is 4.33. The molecule has 2 aromatic heterocycles. The number of aryl methyl sites for hydroxylation is 1. The lowest BCUT2D eigenvalue weighted by molar-refractivity contribution is -0.136. The number of imidazole rings is 1. The minimum absolute atomic E-state index is 0.211. The van der Waals surface area contributed by atoms with Crippen molar-refractivity contribution in [1.29, 1.82) is 0 Å². The smallest absolute Gasteiger partial charge is 0.225 e. The van der Waals surface area contributed by atoms with Gasteiger partial charge in [-0.3, -0.25) is 9.59 Å². The van der Waals surface area contributed by atoms with E-state index in [1.807, 2.05) is 15.7 Å². The zero-order valence-corrected chi connectivity index (χ0v) is 16.8. The van der Waals surface area contributed by atoms with Gasteiger partial charge in [0.25, 0.3) is 0 Å². The molecule has 1 saturated carbocycles. The second-order valence-corrected chi connectivity index (χ2v) is 9.12. The normalized spacial score (nSPS) is 27.1. The molecule has 1 aliphatic carbocycles. The van der Waals surface area contributed by atoms with Gasteiger partial charge in [0.2, 0.25) is 11.8 Å². The molecule has 148 valence electrons. The fourth-order valence-electron chi connectivity index (χ4n) is 4.92. The minimum Gasteiger partial charge on any atom is -0.342 e. The maximum Gasteiger partial charge on any atom is 0.225 e. The van der Waals surface area contributed by atoms with Gasteiger partial charge >= 0.3 is 0 Å². The largest absolute Gasteiger partial charge is 0.342 e. The second kappa shape index (κ2) is 7.35. The summed E-state index contributed by atoms with van der Waals surface area (Å²) in [6.45, 7) is 3.01. The quantitative estimate of drug-likeness (QED) is 0.778. The van der Waals surface area contributed by atoms with Crippen LogP contribution in [0.15, 0.2) is 35.5 Å². The van der Waals surface area contributed by atoms with Crippen LogP contribution in [0.25, 0.3) is 0 Å². The first-order chi connectivity index (χ1) is 13.7. The number of fused-ring (bicyclic) bond motifs is 1. The lowest BCUT2D eigenvalue weighted by Crippen LogP contribution is -2.50. The molecule has 6 nitrogen and oxygen atoms in total. The molecular weight excluding hydrogens is 372 g/mol. The highest BCUT2D eigenvalue weighted by atomic mass is 32.1. The fourth-order valence-corrected chi connectivity index (χ4v) is 5.64. The first-order valence-corrected chi connectivity index (χ1v) is 11.2. The van der Waals surface area contributed by atoms with Crippen LogP contribution >= 0.6 is 11.3 Å². The molecule has 2 aliphatic heterocycles. The standard InChI is InChI=1S/C21H26N4O2S/c26-20(4-7-23-9-6-22-14-23)24-8-3-19-18(11-24)17(16-5-10-28-13-16)12-25(19)21(27)15-1-2-15/h5-6,9-10,13-15,17-19H,1-4,7-8,11-12H2/t17-,18-,19-/m0/s1. The second-order valence-electron chi connectivity index (χ2n) is 8.34. The summed E-state index contributed by atoms with van der Waals surface area (Å²) in [5.41, 5.74) is 1.33. The third-order valence-electron chi connectivity index (χ3n) is 6.61. The molecule has 3 aliphatic rings. The predicted octanol–water partition coefficient (Wildman–Crippen LogP) is 2.59. The van der Waals surface area contributed by atoms with Gasteiger partial charge in [-0.05, 0) is 41.7 Å². The van der Waals surface area contributed by atoms with Crippen molar-refractivity contribution in [2.75, 3.05) is 19.6 Å². The Balaban J connectivity index is 1.30. The summed E-state index contributed by atoms with van der Waals surface area (Å²) in [6.07, 6.45) is 8.89. The van der Waals surface area contributed by atoms with Crippen LogP contribution in [0.1, 0.15) is 37.2 Å². The maximum absolute atomic E-state index is 12.9. The summed E-state index contributed by atoms with van der Waals surface area (Å²) in [7, 11) is 0. The van der Waals surface area contributed by atoms with Gasteiger partial charge in [-0.15, -0.1) is 0 Å². The molecule has 2 aromatic rings. The van der Waals surface area contributed by atoms with Crippen LogP contribution in [0, 0.1) is 11.8 Å². The third kappa shape index (κ3) is 3.36. The fraction of sp³-hybridized carbons (Fsp3) is 0.571. The Kier molecular flexibility index (Phi) is 4.70. The molecule has 3 atom stereocenters. The summed E-state index contributed by atoms with van der Waals surface area (Å²) in [6, 6.07) is 2.48. The number of hydrogen-bond acceptors (Lipinski definition) is 4. The number of nitrogens with zero attached hydrogens (tertiary/aromatic N) is 4. The Morgan fingerprint density at radius 3 is 2.82 bits per heavy atom. The Bertz CT molecular complexity index is 831. The van der Waals surface area contributed by atoms with Crippen molar-refractivity contribution < 1.29 is 9.59 Å². The van der Waals surface area contributed by atoms with E-state index in [0.717, 1.165) is 38.9 Å². The van der Waals surface area contributed by atoms with Crippen LogP contribution < -0.4 is 0 Å². The Morgan fingerprint density at radius 2 is 2.11 bits per heavy atom. The number of aromatic nitrogens is 2. The van der Waals surface area contributed by atoms with E-state index >= 15 is 0 Å². The third-order valence-corrected chi connectivity index (χ3v) is 7.31. The van der Waals surface area contributed by atoms with Gasteiger partial charge in [0.1, 0.15) is 0 Å². The van der Waals surface area contributed by atoms with Crippen molar-refractivity contribution in [3.63, 3.8) is 0 Å². The van der Waals surface area contributed by atoms with Gasteiger partial charge in [-0.25, -0.2) is 4.98 Å². The highest BCUT2D eigenvalue weighted by molar-refractivity contribution is 7.08. The molecule has 2 saturated heterocycles. The van der Waals surface area contributed by atoms with E-state index in [9.17, 15) is 9.59 Å². The minimum atomic E-state index is 0.211. The highest BCUT2D eigenvalue weighted by Gasteiger charge is 2.49. The van der Waals surface area contributed by atoms with Crippen molar-refractivity contribution in [2.45, 2.75) is 44.2 Å². The van der Waals surface area contributed by atoms with E-state index in [1.165, 1.54) is 5.56 Å². The summed E-state index contributed by atoms with van der Waals surface area (Å²) >= 11 is 1.72. The molecule has 0 radical (unpaired) electrons. The molecular formula is C21H26N4O2S. The van der Waals surface area contributed by atoms with Crippen LogP contribution in [0.3, 0.4) is 0 Å². The topological polar surface area (TPSA) is 58.4 Å². The van der Waals surface area contributed by atoms with Crippen molar-refractivity contribution in [1.82, 2.24) is 19.4 Å². The number of carbonyl (C=O) groups is 2. The SMILES string of the molecule is O=C(CCn1ccnc1)N1CC[C@H]2[C@@H](C1)[C@H](c1ccsc1)CN2C(=O)C1CC1. The first-order valence-electron chi connectivity index (χ1n) is 10.3. The van der Waals surface area contributed by atoms with Crippen molar-refractivity contribution in [2.24, 2.45) is 11.8 Å². The van der Waals surface area contributed by atoms with E-state index < -0.39 is 0 Å². The lowest BCUT2D eigenvalue weighted by atomic mass is 9.82. The Hall–Kier alpha value is -2.15. The van der Waals surface area contributed by atoms with Gasteiger partial charge < -0.3 is 14.4 Å². The van der Waals surface area contributed by atoms with Crippen LogP contribution in [0.2, 0.25) is 0 Å². The molecule has 0 N–H and O–H groups in total. The van der Waals surface area contributed by atoms with Crippen molar-refractivity contribution in [3.8, 4) is 0 Å². The number of piperidine rings is 1. The van der Waals surface area contributed by atoms with E-state index in [-0.39, 0.29) is 17.9 Å². The average molecular weight is 399 g/mol. The first kappa shape index (κ1) is 17.9. The summed E-state index contributed by atoms with van der Waals surface area (Å²) in [5.74, 6) is 1.53. The number of amides is 2. The molecule has 0 bridgehead atoms. The average Bonchev–Trinajstić information content (AvgIpc) is 3.13. The maximum atomic E-state index is 12.9. The van der Waals surface area contributed by atoms with Gasteiger partial charge in [0.05, 0.1) is 6.33 Å². The van der Waals surface area contributed by atoms with E-state index in [4.69, 9.17) is 0 Å². The van der Waals surface area contributed by atoms with Crippen LogP contribution in [-0.4, -0.2) is 56.8 Å². The predicted molar refractivity (Wildman–Crippen MR) is 107 cm³/mol. The van der Waals surface area contributed by atoms with Crippen LogP contribution in [-0.2, 0) is 16.1 Å². The number of rotatable bonds is 5. The molecule has 0 unspecified atom stereocenters. The van der Waals surface area contributed by atoms with Gasteiger partial charge in [-0.1, -0.05) is 0 Å². The molecule has 4 heterocycles. The van der Waals surface area contributed by atoms with Gasteiger partial charge in [0, 0.05) is 68.8 Å². The number of likely N-dealkylation sites (tertiary alicyclic amines) is 2. The molecule has 3 fully saturated rings. The number of thiophene rings is 1. The Morgan fingerprint density at radius 1 is 1.21 bits per heavy atom. The van der Waals surface area contributed by atoms with Crippen LogP contribution in [0.4, 0.5) is 0 Å². The molecule has 0 aromatic carbocycles. The molecule has 7 heteroatoms. The van der Waals surface area contributed by atoms with Crippen molar-refractivity contribution in [3.05, 3.63) is 41.1 Å². The van der Waals surface area contributed by atoms with E-state index in [1.54, 1.807) is 23.9 Å². The highest BCUT2D eigenvalue weighted by Crippen LogP contribution is 2.44. The van der Waals surface area contributed by atoms with Gasteiger partial charge in [-0.2, -0.15) is 11.3 Å². The number of carbonyl (C=O) groups excluding carboxylic acids is 2. The summed E-state index contributed by atoms with van der Waals surface area (Å²) in [4.78, 5) is 33.9. The van der Waals surface area contributed by atoms with Crippen molar-refractivity contribution >= 4 is 23.2 Å². The Labute approximate surface area is 169 Å². The zero-order chi connectivity index (χ0) is 19.1. The summed E-state index contributed by atoms with van der Waals surface area (Å²) < 4.78 is 1.95.